The molecule has 6 nitrogen and oxygen atoms in total. The smallest absolute Gasteiger partial charge is 0.305 e. The molecule has 0 aliphatic carbocycles. The maximum absolute atomic E-state index is 13.2. The average molecular weight is 394 g/mol. The molecular formula is C21H32FN3O3. The number of rotatable bonds is 8. The van der Waals surface area contributed by atoms with E-state index in [9.17, 15) is 9.18 Å². The standard InChI is InChI=1S/C21H32FN3O3/c1-4-23-21(24-13-7-5-6-8-20(26)27-3)25-14-16(2)28-19(15-25)17-9-11-18(22)12-10-17/h9-12,16,19H,4-8,13-15H2,1-3H3,(H,23,24). The number of unbranched alkanes of at least 4 members (excludes halogenated alkanes) is 2. The van der Waals surface area contributed by atoms with E-state index in [4.69, 9.17) is 9.73 Å². The lowest BCUT2D eigenvalue weighted by atomic mass is 10.1. The van der Waals surface area contributed by atoms with Gasteiger partial charge in [0.15, 0.2) is 5.96 Å². The predicted octanol–water partition coefficient (Wildman–Crippen LogP) is 3.29. The molecule has 2 unspecified atom stereocenters. The van der Waals surface area contributed by atoms with E-state index >= 15 is 0 Å². The van der Waals surface area contributed by atoms with Crippen LogP contribution in [0.25, 0.3) is 0 Å². The highest BCUT2D eigenvalue weighted by molar-refractivity contribution is 5.80. The normalized spacial score (nSPS) is 20.1. The first-order valence-electron chi connectivity index (χ1n) is 10.0. The molecule has 0 aromatic heterocycles. The van der Waals surface area contributed by atoms with Crippen molar-refractivity contribution in [2.75, 3.05) is 33.3 Å². The Hall–Kier alpha value is -2.15. The molecule has 1 aliphatic heterocycles. The van der Waals surface area contributed by atoms with Crippen molar-refractivity contribution in [1.82, 2.24) is 10.2 Å². The number of hydrogen-bond donors (Lipinski definition) is 1. The minimum Gasteiger partial charge on any atom is -0.469 e. The number of nitrogens with zero attached hydrogens (tertiary/aromatic N) is 2. The van der Waals surface area contributed by atoms with Crippen molar-refractivity contribution >= 4 is 11.9 Å². The number of esters is 1. The molecule has 0 radical (unpaired) electrons. The topological polar surface area (TPSA) is 63.2 Å². The fourth-order valence-corrected chi connectivity index (χ4v) is 3.26. The fourth-order valence-electron chi connectivity index (χ4n) is 3.26. The van der Waals surface area contributed by atoms with Gasteiger partial charge in [0.1, 0.15) is 11.9 Å². The zero-order chi connectivity index (χ0) is 20.4. The Morgan fingerprint density at radius 2 is 2.04 bits per heavy atom. The molecule has 0 saturated carbocycles. The lowest BCUT2D eigenvalue weighted by molar-refractivity contribution is -0.140. The summed E-state index contributed by atoms with van der Waals surface area (Å²) in [6, 6.07) is 6.50. The predicted molar refractivity (Wildman–Crippen MR) is 108 cm³/mol. The van der Waals surface area contributed by atoms with Crippen molar-refractivity contribution in [3.8, 4) is 0 Å². The molecule has 28 heavy (non-hydrogen) atoms. The third-order valence-corrected chi connectivity index (χ3v) is 4.66. The van der Waals surface area contributed by atoms with Crippen LogP contribution in [-0.2, 0) is 14.3 Å². The van der Waals surface area contributed by atoms with Crippen molar-refractivity contribution in [3.05, 3.63) is 35.6 Å². The fraction of sp³-hybridized carbons (Fsp3) is 0.619. The van der Waals surface area contributed by atoms with Crippen LogP contribution < -0.4 is 5.32 Å². The third-order valence-electron chi connectivity index (χ3n) is 4.66. The highest BCUT2D eigenvalue weighted by atomic mass is 19.1. The molecule has 2 atom stereocenters. The van der Waals surface area contributed by atoms with Crippen molar-refractivity contribution in [1.29, 1.82) is 0 Å². The van der Waals surface area contributed by atoms with Gasteiger partial charge in [-0.1, -0.05) is 18.6 Å². The van der Waals surface area contributed by atoms with Crippen LogP contribution in [-0.4, -0.2) is 56.2 Å². The summed E-state index contributed by atoms with van der Waals surface area (Å²) in [5.41, 5.74) is 0.969. The quantitative estimate of drug-likeness (QED) is 0.318. The second-order valence-corrected chi connectivity index (χ2v) is 7.01. The number of carbonyl (C=O) groups excluding carboxylic acids is 1. The summed E-state index contributed by atoms with van der Waals surface area (Å²) in [5, 5.41) is 3.36. The van der Waals surface area contributed by atoms with Gasteiger partial charge in [-0.05, 0) is 44.4 Å². The van der Waals surface area contributed by atoms with Crippen molar-refractivity contribution in [2.45, 2.75) is 51.7 Å². The highest BCUT2D eigenvalue weighted by Crippen LogP contribution is 2.25. The second-order valence-electron chi connectivity index (χ2n) is 7.01. The second kappa shape index (κ2) is 11.6. The number of aliphatic imine (C=N–C) groups is 1. The van der Waals surface area contributed by atoms with E-state index in [2.05, 4.69) is 15.0 Å². The average Bonchev–Trinajstić information content (AvgIpc) is 2.69. The summed E-state index contributed by atoms with van der Waals surface area (Å²) < 4.78 is 23.9. The Balaban J connectivity index is 1.93. The first-order valence-corrected chi connectivity index (χ1v) is 10.0. The maximum Gasteiger partial charge on any atom is 0.305 e. The molecule has 0 bridgehead atoms. The Morgan fingerprint density at radius 3 is 2.71 bits per heavy atom. The molecule has 2 rings (SSSR count). The Labute approximate surface area is 167 Å². The number of nitrogens with one attached hydrogen (secondary N) is 1. The number of methoxy groups -OCH3 is 1. The van der Waals surface area contributed by atoms with Gasteiger partial charge < -0.3 is 19.7 Å². The first kappa shape index (κ1) is 22.1. The van der Waals surface area contributed by atoms with Gasteiger partial charge in [-0.2, -0.15) is 0 Å². The van der Waals surface area contributed by atoms with E-state index in [-0.39, 0.29) is 24.0 Å². The number of carbonyl (C=O) groups is 1. The summed E-state index contributed by atoms with van der Waals surface area (Å²) >= 11 is 0. The molecule has 0 spiro atoms. The lowest BCUT2D eigenvalue weighted by Crippen LogP contribution is -2.50. The van der Waals surface area contributed by atoms with E-state index in [1.165, 1.54) is 19.2 Å². The van der Waals surface area contributed by atoms with Crippen LogP contribution in [0.4, 0.5) is 4.39 Å². The van der Waals surface area contributed by atoms with Gasteiger partial charge in [-0.25, -0.2) is 4.39 Å². The minimum absolute atomic E-state index is 0.0488. The van der Waals surface area contributed by atoms with Crippen molar-refractivity contribution in [2.24, 2.45) is 4.99 Å². The summed E-state index contributed by atoms with van der Waals surface area (Å²) in [7, 11) is 1.41. The van der Waals surface area contributed by atoms with Gasteiger partial charge in [-0.15, -0.1) is 0 Å². The van der Waals surface area contributed by atoms with E-state index in [1.54, 1.807) is 12.1 Å². The van der Waals surface area contributed by atoms with Crippen LogP contribution >= 0.6 is 0 Å². The van der Waals surface area contributed by atoms with Crippen LogP contribution in [0.1, 0.15) is 51.2 Å². The van der Waals surface area contributed by atoms with Gasteiger partial charge in [-0.3, -0.25) is 9.79 Å². The molecule has 1 aliphatic rings. The van der Waals surface area contributed by atoms with E-state index < -0.39 is 0 Å². The lowest BCUT2D eigenvalue weighted by Gasteiger charge is -2.38. The number of morpholine rings is 1. The van der Waals surface area contributed by atoms with Crippen LogP contribution in [0.5, 0.6) is 0 Å². The number of halogens is 1. The molecular weight excluding hydrogens is 361 g/mol. The molecule has 0 amide bonds. The molecule has 7 heteroatoms. The number of benzene rings is 1. The number of guanidine groups is 1. The van der Waals surface area contributed by atoms with Crippen molar-refractivity contribution < 1.29 is 18.7 Å². The Morgan fingerprint density at radius 1 is 1.29 bits per heavy atom. The molecule has 1 N–H and O–H groups in total. The van der Waals surface area contributed by atoms with Crippen LogP contribution in [0.3, 0.4) is 0 Å². The van der Waals surface area contributed by atoms with Crippen LogP contribution in [0, 0.1) is 5.82 Å². The van der Waals surface area contributed by atoms with Crippen LogP contribution in [0.15, 0.2) is 29.3 Å². The maximum atomic E-state index is 13.2. The third kappa shape index (κ3) is 7.11. The largest absolute Gasteiger partial charge is 0.469 e. The van der Waals surface area contributed by atoms with E-state index in [0.717, 1.165) is 43.9 Å². The monoisotopic (exact) mass is 393 g/mol. The van der Waals surface area contributed by atoms with E-state index in [0.29, 0.717) is 19.5 Å². The highest BCUT2D eigenvalue weighted by Gasteiger charge is 2.28. The van der Waals surface area contributed by atoms with Gasteiger partial charge in [0.25, 0.3) is 0 Å². The SMILES string of the molecule is CCNC(=NCCCCCC(=O)OC)N1CC(C)OC(c2ccc(F)cc2)C1. The first-order chi connectivity index (χ1) is 13.5. The zero-order valence-corrected chi connectivity index (χ0v) is 17.1. The van der Waals surface area contributed by atoms with Gasteiger partial charge >= 0.3 is 5.97 Å². The molecule has 1 fully saturated rings. The summed E-state index contributed by atoms with van der Waals surface area (Å²) in [6.45, 7) is 7.01. The van der Waals surface area contributed by atoms with Crippen molar-refractivity contribution in [3.63, 3.8) is 0 Å². The molecule has 1 aromatic carbocycles. The van der Waals surface area contributed by atoms with E-state index in [1.807, 2.05) is 13.8 Å². The minimum atomic E-state index is -0.244. The Bertz CT molecular complexity index is 636. The summed E-state index contributed by atoms with van der Waals surface area (Å²) in [5.74, 6) is 0.468. The number of hydrogen-bond acceptors (Lipinski definition) is 4. The number of ether oxygens (including phenoxy) is 2. The molecule has 156 valence electrons. The van der Waals surface area contributed by atoms with Gasteiger partial charge in [0, 0.05) is 26.1 Å². The summed E-state index contributed by atoms with van der Waals surface area (Å²) in [4.78, 5) is 18.1. The van der Waals surface area contributed by atoms with Crippen LogP contribution in [0.2, 0.25) is 0 Å². The Kier molecular flexibility index (Phi) is 9.20. The summed E-state index contributed by atoms with van der Waals surface area (Å²) in [6.07, 6.45) is 3.07. The van der Waals surface area contributed by atoms with Gasteiger partial charge in [0.05, 0.1) is 19.8 Å². The molecule has 1 aromatic rings. The zero-order valence-electron chi connectivity index (χ0n) is 17.1. The van der Waals surface area contributed by atoms with Gasteiger partial charge in [0.2, 0.25) is 0 Å². The molecule has 1 saturated heterocycles. The molecule has 1 heterocycles.